The summed E-state index contributed by atoms with van der Waals surface area (Å²) in [4.78, 5) is 15.1. The van der Waals surface area contributed by atoms with Crippen molar-refractivity contribution in [2.45, 2.75) is 13.2 Å². The van der Waals surface area contributed by atoms with Crippen LogP contribution in [-0.2, 0) is 17.9 Å². The molecule has 0 saturated carbocycles. The minimum Gasteiger partial charge on any atom is -0.489 e. The van der Waals surface area contributed by atoms with Crippen molar-refractivity contribution in [1.29, 1.82) is 0 Å². The average Bonchev–Trinajstić information content (AvgIpc) is 3.55. The number of benzene rings is 2. The number of rotatable bonds is 9. The van der Waals surface area contributed by atoms with Crippen molar-refractivity contribution in [1.82, 2.24) is 35.6 Å². The van der Waals surface area contributed by atoms with Gasteiger partial charge in [0.05, 0.1) is 25.1 Å². The Kier molecular flexibility index (Phi) is 7.87. The third-order valence-corrected chi connectivity index (χ3v) is 5.98. The summed E-state index contributed by atoms with van der Waals surface area (Å²) in [6, 6.07) is 14.8. The zero-order chi connectivity index (χ0) is 26.3. The van der Waals surface area contributed by atoms with Crippen LogP contribution < -0.4 is 15.9 Å². The van der Waals surface area contributed by atoms with Crippen molar-refractivity contribution in [2.75, 3.05) is 32.0 Å². The highest BCUT2D eigenvalue weighted by molar-refractivity contribution is 6.30. The van der Waals surface area contributed by atoms with Crippen molar-refractivity contribution in [3.8, 4) is 11.6 Å². The van der Waals surface area contributed by atoms with Gasteiger partial charge in [0.25, 0.3) is 5.91 Å². The van der Waals surface area contributed by atoms with Crippen LogP contribution in [0, 0.1) is 0 Å². The fourth-order valence-corrected chi connectivity index (χ4v) is 3.84. The van der Waals surface area contributed by atoms with Gasteiger partial charge >= 0.3 is 0 Å². The first kappa shape index (κ1) is 25.3. The molecule has 0 spiro atoms. The van der Waals surface area contributed by atoms with Crippen LogP contribution in [0.2, 0.25) is 5.02 Å². The van der Waals surface area contributed by atoms with Crippen LogP contribution in [0.3, 0.4) is 0 Å². The zero-order valence-corrected chi connectivity index (χ0v) is 20.9. The average molecular weight is 538 g/mol. The molecule has 3 heterocycles. The second kappa shape index (κ2) is 11.8. The van der Waals surface area contributed by atoms with Gasteiger partial charge in [0.1, 0.15) is 12.4 Å². The van der Waals surface area contributed by atoms with E-state index >= 15 is 0 Å². The van der Waals surface area contributed by atoms with Gasteiger partial charge in [-0.15, -0.1) is 5.10 Å². The Balaban J connectivity index is 1.23. The molecule has 2 aromatic heterocycles. The molecule has 4 aromatic rings. The number of hydrazone groups is 1. The number of nitrogens with zero attached hydrogens (tertiary/aromatic N) is 7. The van der Waals surface area contributed by atoms with Gasteiger partial charge in [-0.05, 0) is 57.8 Å². The lowest BCUT2D eigenvalue weighted by atomic mass is 10.2. The summed E-state index contributed by atoms with van der Waals surface area (Å²) in [7, 11) is 0. The molecular formula is C24H24ClN9O4. The van der Waals surface area contributed by atoms with E-state index in [0.717, 1.165) is 11.1 Å². The van der Waals surface area contributed by atoms with Gasteiger partial charge in [-0.1, -0.05) is 28.9 Å². The van der Waals surface area contributed by atoms with Gasteiger partial charge in [0.2, 0.25) is 11.6 Å². The third-order valence-electron chi connectivity index (χ3n) is 5.73. The Morgan fingerprint density at radius 3 is 2.61 bits per heavy atom. The summed E-state index contributed by atoms with van der Waals surface area (Å²) >= 11 is 5.91. The molecule has 0 aliphatic carbocycles. The lowest BCUT2D eigenvalue weighted by molar-refractivity contribution is 0.0332. The van der Waals surface area contributed by atoms with E-state index in [9.17, 15) is 4.79 Å². The summed E-state index contributed by atoms with van der Waals surface area (Å²) in [5, 5.41) is 20.2. The third kappa shape index (κ3) is 6.14. The second-order valence-electron chi connectivity index (χ2n) is 8.34. The number of hydrogen-bond acceptors (Lipinski definition) is 11. The number of morpholine rings is 1. The van der Waals surface area contributed by atoms with E-state index in [1.807, 2.05) is 48.5 Å². The van der Waals surface area contributed by atoms with Gasteiger partial charge in [-0.3, -0.25) is 9.69 Å². The second-order valence-corrected chi connectivity index (χ2v) is 8.78. The van der Waals surface area contributed by atoms with Crippen LogP contribution in [0.25, 0.3) is 5.82 Å². The highest BCUT2D eigenvalue weighted by Gasteiger charge is 2.26. The van der Waals surface area contributed by atoms with Crippen molar-refractivity contribution < 1.29 is 18.9 Å². The van der Waals surface area contributed by atoms with E-state index in [4.69, 9.17) is 31.4 Å². The molecule has 38 heavy (non-hydrogen) atoms. The number of ether oxygens (including phenoxy) is 2. The van der Waals surface area contributed by atoms with Gasteiger partial charge in [-0.25, -0.2) is 10.1 Å². The first-order chi connectivity index (χ1) is 18.6. The Bertz CT molecular complexity index is 1400. The first-order valence-electron chi connectivity index (χ1n) is 11.7. The molecule has 3 N–H and O–H groups in total. The Labute approximate surface area is 222 Å². The molecule has 1 saturated heterocycles. The van der Waals surface area contributed by atoms with Gasteiger partial charge in [0.15, 0.2) is 5.69 Å². The van der Waals surface area contributed by atoms with Crippen LogP contribution in [0.15, 0.2) is 58.3 Å². The van der Waals surface area contributed by atoms with E-state index in [1.54, 1.807) is 0 Å². The summed E-state index contributed by atoms with van der Waals surface area (Å²) in [5.41, 5.74) is 10.7. The number of carbonyl (C=O) groups is 1. The number of aromatic nitrogens is 5. The van der Waals surface area contributed by atoms with E-state index in [2.05, 4.69) is 36.1 Å². The highest BCUT2D eigenvalue weighted by Crippen LogP contribution is 2.19. The van der Waals surface area contributed by atoms with Crippen molar-refractivity contribution in [3.05, 3.63) is 76.1 Å². The maximum absolute atomic E-state index is 13.0. The molecule has 5 rings (SSSR count). The van der Waals surface area contributed by atoms with Gasteiger partial charge in [0, 0.05) is 24.7 Å². The fraction of sp³-hybridized carbons (Fsp3) is 0.250. The van der Waals surface area contributed by atoms with Crippen LogP contribution in [0.1, 0.15) is 27.3 Å². The number of amides is 1. The highest BCUT2D eigenvalue weighted by atomic mass is 35.5. The summed E-state index contributed by atoms with van der Waals surface area (Å²) in [6.07, 6.45) is 1.52. The van der Waals surface area contributed by atoms with Crippen LogP contribution >= 0.6 is 11.6 Å². The van der Waals surface area contributed by atoms with E-state index in [0.29, 0.717) is 55.9 Å². The molecule has 0 atom stereocenters. The van der Waals surface area contributed by atoms with Crippen molar-refractivity contribution in [2.24, 2.45) is 5.10 Å². The smallest absolute Gasteiger partial charge is 0.293 e. The van der Waals surface area contributed by atoms with E-state index in [1.165, 1.54) is 10.9 Å². The molecule has 2 aromatic carbocycles. The fourth-order valence-electron chi connectivity index (χ4n) is 3.71. The standard InChI is InChI=1S/C24H24ClN9O4/c25-18-5-1-17(2-6-18)15-37-19-7-3-16(4-8-19)13-27-29-24(35)21-20(14-33-9-11-36-12-10-33)34(32-28-21)23-22(26)30-38-31-23/h1-8,13H,9-12,14-15H2,(H2,26,30)(H,29,35). The van der Waals surface area contributed by atoms with Gasteiger partial charge in [-0.2, -0.15) is 9.78 Å². The normalized spacial score (nSPS) is 14.1. The van der Waals surface area contributed by atoms with Crippen LogP contribution in [0.4, 0.5) is 5.82 Å². The number of anilines is 1. The van der Waals surface area contributed by atoms with Crippen LogP contribution in [-0.4, -0.2) is 68.6 Å². The minimum absolute atomic E-state index is 0.0312. The lowest BCUT2D eigenvalue weighted by Crippen LogP contribution is -2.37. The molecular weight excluding hydrogens is 514 g/mol. The van der Waals surface area contributed by atoms with E-state index < -0.39 is 5.91 Å². The molecule has 0 bridgehead atoms. The lowest BCUT2D eigenvalue weighted by Gasteiger charge is -2.26. The maximum Gasteiger partial charge on any atom is 0.293 e. The number of nitrogen functional groups attached to an aromatic ring is 1. The molecule has 1 aliphatic heterocycles. The van der Waals surface area contributed by atoms with Gasteiger partial charge < -0.3 is 15.2 Å². The molecule has 1 amide bonds. The first-order valence-corrected chi connectivity index (χ1v) is 12.1. The SMILES string of the molecule is Nc1nonc1-n1nnc(C(=O)NN=Cc2ccc(OCc3ccc(Cl)cc3)cc2)c1CN1CCOCC1. The molecule has 13 nitrogen and oxygen atoms in total. The Hall–Kier alpha value is -4.33. The largest absolute Gasteiger partial charge is 0.489 e. The molecule has 14 heteroatoms. The van der Waals surface area contributed by atoms with Crippen molar-refractivity contribution in [3.63, 3.8) is 0 Å². The number of nitrogens with two attached hydrogens (primary N) is 1. The van der Waals surface area contributed by atoms with Crippen molar-refractivity contribution >= 4 is 29.5 Å². The number of nitrogens with one attached hydrogen (secondary N) is 1. The van der Waals surface area contributed by atoms with Crippen LogP contribution in [0.5, 0.6) is 5.75 Å². The summed E-state index contributed by atoms with van der Waals surface area (Å²) in [6.45, 7) is 3.35. The number of halogens is 1. The predicted molar refractivity (Wildman–Crippen MR) is 137 cm³/mol. The maximum atomic E-state index is 13.0. The summed E-state index contributed by atoms with van der Waals surface area (Å²) < 4.78 is 17.2. The number of hydrogen-bond donors (Lipinski definition) is 2. The molecule has 196 valence electrons. The topological polar surface area (TPSA) is 159 Å². The predicted octanol–water partition coefficient (Wildman–Crippen LogP) is 2.06. The Morgan fingerprint density at radius 2 is 1.89 bits per heavy atom. The molecule has 1 aliphatic rings. The molecule has 0 unspecified atom stereocenters. The number of carbonyl (C=O) groups excluding carboxylic acids is 1. The molecule has 0 radical (unpaired) electrons. The Morgan fingerprint density at radius 1 is 1.13 bits per heavy atom. The zero-order valence-electron chi connectivity index (χ0n) is 20.2. The van der Waals surface area contributed by atoms with E-state index in [-0.39, 0.29) is 17.3 Å². The summed E-state index contributed by atoms with van der Waals surface area (Å²) in [5.74, 6) is 0.353. The molecule has 1 fully saturated rings. The monoisotopic (exact) mass is 537 g/mol. The quantitative estimate of drug-likeness (QED) is 0.239. The minimum atomic E-state index is -0.534.